The molecule has 6 heteroatoms. The predicted octanol–water partition coefficient (Wildman–Crippen LogP) is -0.941. The minimum Gasteiger partial charge on any atom is -0.319 e. The summed E-state index contributed by atoms with van der Waals surface area (Å²) in [6.07, 6.45) is 5.16. The second-order valence-corrected chi connectivity index (χ2v) is 2.81. The van der Waals surface area contributed by atoms with Gasteiger partial charge in [0, 0.05) is 12.5 Å². The van der Waals surface area contributed by atoms with Crippen molar-refractivity contribution in [2.45, 2.75) is 12.5 Å². The Balaban J connectivity index is 2.63. The molecule has 0 saturated carbocycles. The van der Waals surface area contributed by atoms with Crippen LogP contribution in [0.1, 0.15) is 6.42 Å². The van der Waals surface area contributed by atoms with Gasteiger partial charge in [0.25, 0.3) is 5.56 Å². The minimum absolute atomic E-state index is 0.148. The van der Waals surface area contributed by atoms with Gasteiger partial charge in [-0.15, -0.1) is 12.3 Å². The van der Waals surface area contributed by atoms with Crippen LogP contribution in [0.25, 0.3) is 0 Å². The summed E-state index contributed by atoms with van der Waals surface area (Å²) in [7, 11) is 0. The van der Waals surface area contributed by atoms with E-state index in [1.54, 1.807) is 0 Å². The Kier molecular flexibility index (Phi) is 3.60. The molecule has 0 aliphatic rings. The quantitative estimate of drug-likeness (QED) is 0.555. The van der Waals surface area contributed by atoms with Crippen LogP contribution in [0.3, 0.4) is 0 Å². The maximum atomic E-state index is 11.3. The van der Waals surface area contributed by atoms with E-state index >= 15 is 0 Å². The number of aromatic amines is 1. The van der Waals surface area contributed by atoms with Gasteiger partial charge in [-0.25, -0.2) is 5.10 Å². The molecule has 1 aromatic rings. The molecule has 1 amide bonds. The van der Waals surface area contributed by atoms with Gasteiger partial charge in [0.2, 0.25) is 5.91 Å². The van der Waals surface area contributed by atoms with E-state index in [1.807, 2.05) is 0 Å². The van der Waals surface area contributed by atoms with Crippen molar-refractivity contribution in [1.29, 1.82) is 0 Å². The summed E-state index contributed by atoms with van der Waals surface area (Å²) < 4.78 is 0. The molecule has 0 fully saturated rings. The molecule has 4 N–H and O–H groups in total. The van der Waals surface area contributed by atoms with Crippen LogP contribution in [-0.2, 0) is 4.79 Å². The fourth-order valence-electron chi connectivity index (χ4n) is 0.853. The van der Waals surface area contributed by atoms with E-state index in [-0.39, 0.29) is 17.8 Å². The molecule has 1 rings (SSSR count). The van der Waals surface area contributed by atoms with Crippen molar-refractivity contribution < 1.29 is 4.79 Å². The predicted molar refractivity (Wildman–Crippen MR) is 54.9 cm³/mol. The molecule has 0 aliphatic heterocycles. The fourth-order valence-corrected chi connectivity index (χ4v) is 0.853. The number of H-pyrrole nitrogens is 1. The number of aromatic nitrogens is 2. The Morgan fingerprint density at radius 2 is 2.47 bits per heavy atom. The number of nitrogens with zero attached hydrogens (tertiary/aromatic N) is 1. The summed E-state index contributed by atoms with van der Waals surface area (Å²) in [6.45, 7) is 0. The number of terminal acetylenes is 1. The first kappa shape index (κ1) is 10.9. The first-order valence-electron chi connectivity index (χ1n) is 4.19. The first-order valence-corrected chi connectivity index (χ1v) is 4.19. The number of rotatable bonds is 3. The van der Waals surface area contributed by atoms with Gasteiger partial charge in [-0.1, -0.05) is 0 Å². The molecule has 1 aromatic heterocycles. The smallest absolute Gasteiger partial charge is 0.264 e. The third-order valence-electron chi connectivity index (χ3n) is 1.60. The van der Waals surface area contributed by atoms with Gasteiger partial charge in [-0.2, -0.15) is 5.10 Å². The maximum absolute atomic E-state index is 11.3. The number of amides is 1. The average Bonchev–Trinajstić information content (AvgIpc) is 2.22. The molecule has 0 spiro atoms. The van der Waals surface area contributed by atoms with E-state index < -0.39 is 11.9 Å². The fraction of sp³-hybridized carbons (Fsp3) is 0.222. The third-order valence-corrected chi connectivity index (χ3v) is 1.60. The normalized spacial score (nSPS) is 11.5. The van der Waals surface area contributed by atoms with Crippen LogP contribution >= 0.6 is 0 Å². The van der Waals surface area contributed by atoms with Crippen molar-refractivity contribution in [2.24, 2.45) is 5.73 Å². The van der Waals surface area contributed by atoms with Crippen molar-refractivity contribution in [3.8, 4) is 12.3 Å². The van der Waals surface area contributed by atoms with E-state index in [0.717, 1.165) is 0 Å². The molecule has 0 aromatic carbocycles. The lowest BCUT2D eigenvalue weighted by Crippen LogP contribution is -2.35. The number of carbonyl (C=O) groups is 1. The van der Waals surface area contributed by atoms with E-state index in [9.17, 15) is 9.59 Å². The number of hydrogen-bond donors (Lipinski definition) is 3. The maximum Gasteiger partial charge on any atom is 0.264 e. The highest BCUT2D eigenvalue weighted by molar-refractivity contribution is 5.93. The highest BCUT2D eigenvalue weighted by Gasteiger charge is 2.12. The summed E-state index contributed by atoms with van der Waals surface area (Å²) in [5, 5.41) is 8.17. The molecule has 1 unspecified atom stereocenters. The molecule has 1 heterocycles. The molecular formula is C9H10N4O2. The number of nitrogens with two attached hydrogens (primary N) is 1. The molecule has 0 radical (unpaired) electrons. The Hall–Kier alpha value is -2.13. The SMILES string of the molecule is C#CCC(N)C(=O)Nc1ccc(=O)[nH]n1. The van der Waals surface area contributed by atoms with Gasteiger partial charge in [0.15, 0.2) is 5.82 Å². The third kappa shape index (κ3) is 3.25. The monoisotopic (exact) mass is 206 g/mol. The van der Waals surface area contributed by atoms with E-state index in [1.165, 1.54) is 12.1 Å². The van der Waals surface area contributed by atoms with Crippen LogP contribution in [0.5, 0.6) is 0 Å². The Morgan fingerprint density at radius 1 is 1.73 bits per heavy atom. The highest BCUT2D eigenvalue weighted by Crippen LogP contribution is 1.98. The molecule has 0 bridgehead atoms. The van der Waals surface area contributed by atoms with Crippen LogP contribution in [-0.4, -0.2) is 22.1 Å². The van der Waals surface area contributed by atoms with Crippen molar-refractivity contribution in [3.63, 3.8) is 0 Å². The lowest BCUT2D eigenvalue weighted by Gasteiger charge is -2.07. The van der Waals surface area contributed by atoms with Crippen LogP contribution in [0.15, 0.2) is 16.9 Å². The summed E-state index contributed by atoms with van der Waals surface area (Å²) >= 11 is 0. The van der Waals surface area contributed by atoms with Gasteiger partial charge in [-0.3, -0.25) is 9.59 Å². The first-order chi connectivity index (χ1) is 7.13. The van der Waals surface area contributed by atoms with Gasteiger partial charge in [0.05, 0.1) is 6.04 Å². The zero-order valence-electron chi connectivity index (χ0n) is 7.86. The van der Waals surface area contributed by atoms with E-state index in [2.05, 4.69) is 21.4 Å². The molecule has 78 valence electrons. The topological polar surface area (TPSA) is 101 Å². The highest BCUT2D eigenvalue weighted by atomic mass is 16.2. The number of nitrogens with one attached hydrogen (secondary N) is 2. The van der Waals surface area contributed by atoms with Gasteiger partial charge >= 0.3 is 0 Å². The lowest BCUT2D eigenvalue weighted by molar-refractivity contribution is -0.117. The molecule has 15 heavy (non-hydrogen) atoms. The molecule has 0 saturated heterocycles. The Labute approximate surface area is 85.9 Å². The molecular weight excluding hydrogens is 196 g/mol. The zero-order valence-corrected chi connectivity index (χ0v) is 7.86. The average molecular weight is 206 g/mol. The number of carbonyl (C=O) groups excluding carboxylic acids is 1. The standard InChI is InChI=1S/C9H10N4O2/c1-2-3-6(10)9(15)11-7-4-5-8(14)13-12-7/h1,4-6H,3,10H2,(H,13,14)(H,11,12,15). The minimum atomic E-state index is -0.774. The van der Waals surface area contributed by atoms with Gasteiger partial charge in [0.1, 0.15) is 0 Å². The molecule has 6 nitrogen and oxygen atoms in total. The number of hydrogen-bond acceptors (Lipinski definition) is 4. The van der Waals surface area contributed by atoms with E-state index in [4.69, 9.17) is 12.2 Å². The Morgan fingerprint density at radius 3 is 3.00 bits per heavy atom. The van der Waals surface area contributed by atoms with Crippen LogP contribution in [0, 0.1) is 12.3 Å². The van der Waals surface area contributed by atoms with Crippen LogP contribution in [0.2, 0.25) is 0 Å². The molecule has 0 aliphatic carbocycles. The summed E-state index contributed by atoms with van der Waals surface area (Å²) in [4.78, 5) is 22.0. The zero-order chi connectivity index (χ0) is 11.3. The Bertz CT molecular complexity index is 426. The lowest BCUT2D eigenvalue weighted by atomic mass is 10.2. The van der Waals surface area contributed by atoms with Crippen molar-refractivity contribution in [2.75, 3.05) is 5.32 Å². The summed E-state index contributed by atoms with van der Waals surface area (Å²) in [6, 6.07) is 1.85. The van der Waals surface area contributed by atoms with Crippen molar-refractivity contribution >= 4 is 11.7 Å². The second kappa shape index (κ2) is 4.93. The van der Waals surface area contributed by atoms with Crippen molar-refractivity contribution in [3.05, 3.63) is 22.5 Å². The summed E-state index contributed by atoms with van der Waals surface area (Å²) in [5.74, 6) is 2.07. The van der Waals surface area contributed by atoms with Gasteiger partial charge in [-0.05, 0) is 6.07 Å². The van der Waals surface area contributed by atoms with Gasteiger partial charge < -0.3 is 11.1 Å². The van der Waals surface area contributed by atoms with E-state index in [0.29, 0.717) is 0 Å². The van der Waals surface area contributed by atoms with Crippen LogP contribution in [0.4, 0.5) is 5.82 Å². The summed E-state index contributed by atoms with van der Waals surface area (Å²) in [5.41, 5.74) is 5.10. The van der Waals surface area contributed by atoms with Crippen LogP contribution < -0.4 is 16.6 Å². The molecule has 1 atom stereocenters. The second-order valence-electron chi connectivity index (χ2n) is 2.81. The van der Waals surface area contributed by atoms with Crippen molar-refractivity contribution in [1.82, 2.24) is 10.2 Å². The largest absolute Gasteiger partial charge is 0.319 e. The number of anilines is 1.